The molecule has 9 heteroatoms. The number of ether oxygens (including phenoxy) is 1. The van der Waals surface area contributed by atoms with Crippen molar-refractivity contribution in [2.24, 2.45) is 0 Å². The van der Waals surface area contributed by atoms with E-state index in [0.29, 0.717) is 16.3 Å². The smallest absolute Gasteiger partial charge is 0.338 e. The average molecular weight is 451 g/mol. The lowest BCUT2D eigenvalue weighted by atomic mass is 10.1. The van der Waals surface area contributed by atoms with Gasteiger partial charge in [-0.3, -0.25) is 9.36 Å². The molecular weight excluding hydrogens is 428 g/mol. The third kappa shape index (κ3) is 4.36. The van der Waals surface area contributed by atoms with Gasteiger partial charge < -0.3 is 15.0 Å². The monoisotopic (exact) mass is 450 g/mol. The van der Waals surface area contributed by atoms with Crippen molar-refractivity contribution in [1.29, 1.82) is 5.26 Å². The van der Waals surface area contributed by atoms with Crippen molar-refractivity contribution in [2.75, 3.05) is 11.9 Å². The molecule has 1 amide bonds. The summed E-state index contributed by atoms with van der Waals surface area (Å²) in [5, 5.41) is 12.8. The first kappa shape index (κ1) is 21.6. The number of fused-ring (bicyclic) bond motifs is 1. The molecule has 0 radical (unpaired) electrons. The van der Waals surface area contributed by atoms with Gasteiger partial charge in [-0.15, -0.1) is 11.3 Å². The van der Waals surface area contributed by atoms with E-state index < -0.39 is 18.5 Å². The van der Waals surface area contributed by atoms with Gasteiger partial charge in [0.05, 0.1) is 16.8 Å². The topological polar surface area (TPSA) is 117 Å². The van der Waals surface area contributed by atoms with Gasteiger partial charge in [0.15, 0.2) is 6.61 Å². The Balaban J connectivity index is 1.38. The lowest BCUT2D eigenvalue weighted by Crippen LogP contribution is -2.21. The first-order chi connectivity index (χ1) is 15.5. The molecule has 0 spiro atoms. The van der Waals surface area contributed by atoms with Crippen LogP contribution in [0.1, 0.15) is 51.3 Å². The molecule has 1 aliphatic carbocycles. The predicted octanol–water partition coefficient (Wildman–Crippen LogP) is 3.47. The summed E-state index contributed by atoms with van der Waals surface area (Å²) >= 11 is 1.44. The Hall–Kier alpha value is -3.64. The Kier molecular flexibility index (Phi) is 6.23. The van der Waals surface area contributed by atoms with Crippen molar-refractivity contribution >= 4 is 28.2 Å². The van der Waals surface area contributed by atoms with Gasteiger partial charge in [0.2, 0.25) is 0 Å². The van der Waals surface area contributed by atoms with Crippen LogP contribution in [-0.4, -0.2) is 28.0 Å². The SMILES string of the molecule is Cc1c[nH]c(=O)n1-c1ccc(C(=O)OCC(=O)Nc2sc3c(c2C#N)CCCCC3)cc1. The van der Waals surface area contributed by atoms with Crippen molar-refractivity contribution < 1.29 is 14.3 Å². The van der Waals surface area contributed by atoms with Crippen LogP contribution in [0.25, 0.3) is 5.69 Å². The number of carbonyl (C=O) groups is 2. The second-order valence-electron chi connectivity index (χ2n) is 7.62. The predicted molar refractivity (Wildman–Crippen MR) is 120 cm³/mol. The molecule has 2 N–H and O–H groups in total. The van der Waals surface area contributed by atoms with Gasteiger partial charge >= 0.3 is 11.7 Å². The molecule has 1 aromatic carbocycles. The Labute approximate surface area is 188 Å². The van der Waals surface area contributed by atoms with Crippen LogP contribution in [0.3, 0.4) is 0 Å². The van der Waals surface area contributed by atoms with Crippen molar-refractivity contribution in [3.8, 4) is 11.8 Å². The standard InChI is InChI=1S/C23H22N4O4S/c1-14-12-25-23(30)27(14)16-9-7-15(8-10-16)22(29)31-13-20(28)26-21-18(11-24)17-5-3-2-4-6-19(17)32-21/h7-10,12H,2-6,13H2,1H3,(H,25,30)(H,26,28). The van der Waals surface area contributed by atoms with Gasteiger partial charge in [0.25, 0.3) is 5.91 Å². The van der Waals surface area contributed by atoms with Crippen LogP contribution >= 0.6 is 11.3 Å². The zero-order valence-corrected chi connectivity index (χ0v) is 18.4. The quantitative estimate of drug-likeness (QED) is 0.456. The molecular formula is C23H22N4O4S. The molecule has 0 saturated carbocycles. The highest BCUT2D eigenvalue weighted by molar-refractivity contribution is 7.16. The van der Waals surface area contributed by atoms with E-state index in [2.05, 4.69) is 16.4 Å². The number of nitrogens with one attached hydrogen (secondary N) is 2. The molecule has 0 aliphatic heterocycles. The Morgan fingerprint density at radius 2 is 1.97 bits per heavy atom. The number of anilines is 1. The number of nitriles is 1. The molecule has 4 rings (SSSR count). The number of H-pyrrole nitrogens is 1. The van der Waals surface area contributed by atoms with E-state index in [9.17, 15) is 19.6 Å². The van der Waals surface area contributed by atoms with E-state index in [-0.39, 0.29) is 11.3 Å². The summed E-state index contributed by atoms with van der Waals surface area (Å²) in [5.74, 6) is -1.13. The van der Waals surface area contributed by atoms with Gasteiger partial charge in [-0.1, -0.05) is 6.42 Å². The van der Waals surface area contributed by atoms with Gasteiger partial charge in [0, 0.05) is 16.8 Å². The number of aromatic amines is 1. The molecule has 8 nitrogen and oxygen atoms in total. The fourth-order valence-electron chi connectivity index (χ4n) is 3.85. The van der Waals surface area contributed by atoms with Crippen LogP contribution in [-0.2, 0) is 22.4 Å². The molecule has 164 valence electrons. The number of nitrogens with zero attached hydrogens (tertiary/aromatic N) is 2. The molecule has 0 saturated heterocycles. The number of hydrogen-bond donors (Lipinski definition) is 2. The van der Waals surface area contributed by atoms with Crippen LogP contribution in [0.5, 0.6) is 0 Å². The molecule has 0 unspecified atom stereocenters. The van der Waals surface area contributed by atoms with Gasteiger partial charge in [-0.2, -0.15) is 5.26 Å². The zero-order chi connectivity index (χ0) is 22.7. The Morgan fingerprint density at radius 3 is 2.66 bits per heavy atom. The molecule has 0 atom stereocenters. The highest BCUT2D eigenvalue weighted by Crippen LogP contribution is 2.36. The van der Waals surface area contributed by atoms with Crippen LogP contribution in [0.4, 0.5) is 5.00 Å². The molecule has 2 heterocycles. The first-order valence-corrected chi connectivity index (χ1v) is 11.2. The van der Waals surface area contributed by atoms with Crippen LogP contribution in [0, 0.1) is 18.3 Å². The summed E-state index contributed by atoms with van der Waals surface area (Å²) in [6, 6.07) is 8.57. The lowest BCUT2D eigenvalue weighted by Gasteiger charge is -2.07. The van der Waals surface area contributed by atoms with E-state index >= 15 is 0 Å². The number of rotatable bonds is 5. The second kappa shape index (κ2) is 9.24. The molecule has 0 bridgehead atoms. The van der Waals surface area contributed by atoms with E-state index in [1.165, 1.54) is 15.9 Å². The first-order valence-electron chi connectivity index (χ1n) is 10.4. The number of aryl methyl sites for hydroxylation is 2. The Bertz CT molecular complexity index is 1260. The number of benzene rings is 1. The van der Waals surface area contributed by atoms with E-state index in [4.69, 9.17) is 4.74 Å². The summed E-state index contributed by atoms with van der Waals surface area (Å²) in [6.45, 7) is 1.34. The second-order valence-corrected chi connectivity index (χ2v) is 8.73. The van der Waals surface area contributed by atoms with Crippen LogP contribution in [0.15, 0.2) is 35.3 Å². The van der Waals surface area contributed by atoms with Gasteiger partial charge in [-0.25, -0.2) is 9.59 Å². The number of amides is 1. The zero-order valence-electron chi connectivity index (χ0n) is 17.6. The number of thiophene rings is 1. The molecule has 3 aromatic rings. The number of esters is 1. The summed E-state index contributed by atoms with van der Waals surface area (Å²) in [5.41, 5.74) is 2.92. The fraction of sp³-hybridized carbons (Fsp3) is 0.304. The van der Waals surface area contributed by atoms with E-state index in [1.807, 2.05) is 0 Å². The van der Waals surface area contributed by atoms with Crippen LogP contribution < -0.4 is 11.0 Å². The highest BCUT2D eigenvalue weighted by Gasteiger charge is 2.21. The maximum atomic E-state index is 12.3. The number of carbonyl (C=O) groups excluding carboxylic acids is 2. The minimum atomic E-state index is -0.646. The van der Waals surface area contributed by atoms with E-state index in [1.54, 1.807) is 37.4 Å². The molecule has 0 fully saturated rings. The van der Waals surface area contributed by atoms with Crippen molar-refractivity contribution in [2.45, 2.75) is 39.0 Å². The third-order valence-electron chi connectivity index (χ3n) is 5.44. The number of hydrogen-bond acceptors (Lipinski definition) is 6. The van der Waals surface area contributed by atoms with Crippen LogP contribution in [0.2, 0.25) is 0 Å². The Morgan fingerprint density at radius 1 is 1.22 bits per heavy atom. The van der Waals surface area contributed by atoms with Gasteiger partial charge in [0.1, 0.15) is 11.1 Å². The fourth-order valence-corrected chi connectivity index (χ4v) is 5.10. The van der Waals surface area contributed by atoms with Crippen molar-refractivity contribution in [3.63, 3.8) is 0 Å². The maximum Gasteiger partial charge on any atom is 0.338 e. The molecule has 2 aromatic heterocycles. The average Bonchev–Trinajstić information content (AvgIpc) is 3.19. The molecule has 32 heavy (non-hydrogen) atoms. The lowest BCUT2D eigenvalue weighted by molar-refractivity contribution is -0.119. The van der Waals surface area contributed by atoms with Crippen molar-refractivity contribution in [1.82, 2.24) is 9.55 Å². The highest BCUT2D eigenvalue weighted by atomic mass is 32.1. The van der Waals surface area contributed by atoms with Gasteiger partial charge in [-0.05, 0) is 62.4 Å². The maximum absolute atomic E-state index is 12.3. The number of imidazole rings is 1. The largest absolute Gasteiger partial charge is 0.452 e. The summed E-state index contributed by atoms with van der Waals surface area (Å²) in [6.07, 6.45) is 6.65. The summed E-state index contributed by atoms with van der Waals surface area (Å²) in [7, 11) is 0. The molecule has 1 aliphatic rings. The summed E-state index contributed by atoms with van der Waals surface area (Å²) in [4.78, 5) is 40.3. The van der Waals surface area contributed by atoms with E-state index in [0.717, 1.165) is 48.2 Å². The van der Waals surface area contributed by atoms with Crippen molar-refractivity contribution in [3.05, 3.63) is 68.2 Å². The third-order valence-corrected chi connectivity index (χ3v) is 6.65. The number of aromatic nitrogens is 2. The minimum absolute atomic E-state index is 0.267. The minimum Gasteiger partial charge on any atom is -0.452 e. The normalized spacial score (nSPS) is 13.0. The summed E-state index contributed by atoms with van der Waals surface area (Å²) < 4.78 is 6.62.